The van der Waals surface area contributed by atoms with Gasteiger partial charge in [0.25, 0.3) is 0 Å². The Morgan fingerprint density at radius 3 is 2.35 bits per heavy atom. The Hall–Kier alpha value is -0.840. The molecular formula is C12H15NaO4. The number of hydrogen-bond acceptors (Lipinski definition) is 3. The summed E-state index contributed by atoms with van der Waals surface area (Å²) in [7, 11) is 0. The van der Waals surface area contributed by atoms with Crippen molar-refractivity contribution in [1.82, 2.24) is 0 Å². The third kappa shape index (κ3) is 4.89. The van der Waals surface area contributed by atoms with Crippen LogP contribution >= 0.6 is 0 Å². The minimum absolute atomic E-state index is 0. The number of rotatable bonds is 5. The van der Waals surface area contributed by atoms with E-state index < -0.39 is 11.9 Å². The summed E-state index contributed by atoms with van der Waals surface area (Å²) in [4.78, 5) is 22.4. The second kappa shape index (κ2) is 8.28. The number of carboxylic acid groups (broad SMARTS) is 1. The number of carbonyl (C=O) groups excluding carboxylic acids is 1. The number of esters is 1. The number of carbonyl (C=O) groups is 2. The van der Waals surface area contributed by atoms with Gasteiger partial charge >= 0.3 is 41.5 Å². The maximum atomic E-state index is 11.6. The second-order valence-electron chi connectivity index (χ2n) is 3.34. The molecule has 1 aromatic carbocycles. The van der Waals surface area contributed by atoms with E-state index in [1.807, 2.05) is 6.92 Å². The van der Waals surface area contributed by atoms with Crippen molar-refractivity contribution in [3.8, 4) is 0 Å². The molecule has 1 aromatic rings. The molecule has 0 aliphatic rings. The van der Waals surface area contributed by atoms with E-state index in [1.54, 1.807) is 12.1 Å². The number of aromatic carboxylic acids is 1. The molecule has 88 valence electrons. The van der Waals surface area contributed by atoms with Crippen molar-refractivity contribution < 1.29 is 19.4 Å². The predicted molar refractivity (Wildman–Crippen MR) is 65.7 cm³/mol. The summed E-state index contributed by atoms with van der Waals surface area (Å²) in [5.74, 6) is -1.70. The molecule has 0 aliphatic heterocycles. The molecule has 0 unspecified atom stereocenters. The van der Waals surface area contributed by atoms with Gasteiger partial charge in [-0.2, -0.15) is 0 Å². The van der Waals surface area contributed by atoms with Crippen LogP contribution in [0.5, 0.6) is 0 Å². The molecule has 0 aromatic heterocycles. The molecule has 17 heavy (non-hydrogen) atoms. The molecule has 0 heterocycles. The van der Waals surface area contributed by atoms with Crippen LogP contribution in [0.3, 0.4) is 0 Å². The van der Waals surface area contributed by atoms with Crippen molar-refractivity contribution in [2.75, 3.05) is 6.61 Å². The zero-order valence-corrected chi connectivity index (χ0v) is 9.10. The van der Waals surface area contributed by atoms with Crippen molar-refractivity contribution >= 4 is 41.5 Å². The van der Waals surface area contributed by atoms with E-state index in [9.17, 15) is 9.59 Å². The topological polar surface area (TPSA) is 63.6 Å². The molecule has 0 atom stereocenters. The first-order chi connectivity index (χ1) is 7.66. The fourth-order valence-corrected chi connectivity index (χ4v) is 1.23. The zero-order valence-electron chi connectivity index (χ0n) is 9.10. The molecular weight excluding hydrogens is 231 g/mol. The van der Waals surface area contributed by atoms with Crippen LogP contribution in [0.4, 0.5) is 0 Å². The molecule has 4 nitrogen and oxygen atoms in total. The molecule has 0 fully saturated rings. The summed E-state index contributed by atoms with van der Waals surface area (Å²) in [6, 6.07) is 6.03. The van der Waals surface area contributed by atoms with E-state index in [0.717, 1.165) is 12.8 Å². The third-order valence-electron chi connectivity index (χ3n) is 2.11. The van der Waals surface area contributed by atoms with Crippen LogP contribution in [0, 0.1) is 0 Å². The molecule has 0 amide bonds. The predicted octanol–water partition coefficient (Wildman–Crippen LogP) is 1.69. The van der Waals surface area contributed by atoms with Gasteiger partial charge in [0, 0.05) is 0 Å². The van der Waals surface area contributed by atoms with Gasteiger partial charge < -0.3 is 9.84 Å². The minimum atomic E-state index is -1.12. The Morgan fingerprint density at radius 1 is 1.24 bits per heavy atom. The standard InChI is InChI=1S/C12H14O4.Na.H/c1-2-3-8-16-12(15)10-7-5-4-6-9(10)11(13)14;;/h4-7H,2-3,8H2,1H3,(H,13,14);;. The van der Waals surface area contributed by atoms with E-state index in [2.05, 4.69) is 0 Å². The molecule has 5 heteroatoms. The van der Waals surface area contributed by atoms with Crippen molar-refractivity contribution in [2.45, 2.75) is 19.8 Å². The average Bonchev–Trinajstić information content (AvgIpc) is 2.29. The summed E-state index contributed by atoms with van der Waals surface area (Å²) in [5.41, 5.74) is 0.0788. The Balaban J connectivity index is 0.00000256. The molecule has 0 radical (unpaired) electrons. The van der Waals surface area contributed by atoms with Gasteiger partial charge in [-0.3, -0.25) is 0 Å². The van der Waals surface area contributed by atoms with Crippen LogP contribution in [0.2, 0.25) is 0 Å². The van der Waals surface area contributed by atoms with Gasteiger partial charge in [0.2, 0.25) is 0 Å². The van der Waals surface area contributed by atoms with Gasteiger partial charge in [-0.15, -0.1) is 0 Å². The Bertz CT molecular complexity index is 390. The fraction of sp³-hybridized carbons (Fsp3) is 0.333. The molecule has 0 aliphatic carbocycles. The molecule has 1 N–H and O–H groups in total. The molecule has 0 bridgehead atoms. The molecule has 1 rings (SSSR count). The van der Waals surface area contributed by atoms with Gasteiger partial charge in [-0.05, 0) is 18.6 Å². The van der Waals surface area contributed by atoms with Crippen LogP contribution < -0.4 is 0 Å². The van der Waals surface area contributed by atoms with E-state index in [1.165, 1.54) is 12.1 Å². The van der Waals surface area contributed by atoms with Gasteiger partial charge in [0.05, 0.1) is 17.7 Å². The van der Waals surface area contributed by atoms with Gasteiger partial charge in [-0.25, -0.2) is 9.59 Å². The first kappa shape index (κ1) is 16.2. The van der Waals surface area contributed by atoms with Crippen LogP contribution in [-0.4, -0.2) is 53.2 Å². The second-order valence-corrected chi connectivity index (χ2v) is 3.34. The van der Waals surface area contributed by atoms with Crippen LogP contribution in [0.25, 0.3) is 0 Å². The van der Waals surface area contributed by atoms with Gasteiger partial charge in [-0.1, -0.05) is 25.5 Å². The van der Waals surface area contributed by atoms with E-state index in [-0.39, 0.29) is 40.7 Å². The monoisotopic (exact) mass is 246 g/mol. The number of hydrogen-bond donors (Lipinski definition) is 1. The third-order valence-corrected chi connectivity index (χ3v) is 2.11. The Labute approximate surface area is 122 Å². The van der Waals surface area contributed by atoms with Crippen LogP contribution in [-0.2, 0) is 4.74 Å². The average molecular weight is 246 g/mol. The van der Waals surface area contributed by atoms with Gasteiger partial charge in [0.15, 0.2) is 0 Å². The molecule has 0 spiro atoms. The number of benzene rings is 1. The normalized spacial score (nSPS) is 9.24. The summed E-state index contributed by atoms with van der Waals surface area (Å²) in [5, 5.41) is 8.88. The molecule has 0 saturated carbocycles. The first-order valence-electron chi connectivity index (χ1n) is 5.16. The van der Waals surface area contributed by atoms with Crippen molar-refractivity contribution in [1.29, 1.82) is 0 Å². The van der Waals surface area contributed by atoms with Gasteiger partial charge in [0.1, 0.15) is 0 Å². The van der Waals surface area contributed by atoms with E-state index >= 15 is 0 Å². The number of carboxylic acids is 1. The van der Waals surface area contributed by atoms with Crippen molar-refractivity contribution in [3.05, 3.63) is 35.4 Å². The molecule has 0 saturated heterocycles. The quantitative estimate of drug-likeness (QED) is 0.488. The summed E-state index contributed by atoms with van der Waals surface area (Å²) >= 11 is 0. The fourth-order valence-electron chi connectivity index (χ4n) is 1.23. The Morgan fingerprint density at radius 2 is 1.82 bits per heavy atom. The number of ether oxygens (including phenoxy) is 1. The van der Waals surface area contributed by atoms with E-state index in [4.69, 9.17) is 9.84 Å². The zero-order chi connectivity index (χ0) is 12.0. The number of unbranched alkanes of at least 4 members (excludes halogenated alkanes) is 1. The Kier molecular flexibility index (Phi) is 7.87. The first-order valence-corrected chi connectivity index (χ1v) is 5.16. The SMILES string of the molecule is CCCCOC(=O)c1ccccc1C(=O)O.[NaH]. The maximum absolute atomic E-state index is 11.6. The van der Waals surface area contributed by atoms with Crippen LogP contribution in [0.15, 0.2) is 24.3 Å². The van der Waals surface area contributed by atoms with Crippen molar-refractivity contribution in [2.24, 2.45) is 0 Å². The summed E-state index contributed by atoms with van der Waals surface area (Å²) in [6.45, 7) is 2.31. The summed E-state index contributed by atoms with van der Waals surface area (Å²) < 4.78 is 4.96. The van der Waals surface area contributed by atoms with Crippen molar-refractivity contribution in [3.63, 3.8) is 0 Å². The van der Waals surface area contributed by atoms with Crippen LogP contribution in [0.1, 0.15) is 40.5 Å². The van der Waals surface area contributed by atoms with E-state index in [0.29, 0.717) is 6.61 Å². The summed E-state index contributed by atoms with van der Waals surface area (Å²) in [6.07, 6.45) is 1.70.